The molecule has 8 heteroatoms. The number of rotatable bonds is 7. The Bertz CT molecular complexity index is 1120. The first-order valence-corrected chi connectivity index (χ1v) is 10.6. The number of methoxy groups -OCH3 is 3. The van der Waals surface area contributed by atoms with Crippen molar-refractivity contribution in [3.63, 3.8) is 0 Å². The smallest absolute Gasteiger partial charge is 0.340 e. The largest absolute Gasteiger partial charge is 0.493 e. The van der Waals surface area contributed by atoms with Crippen LogP contribution >= 0.6 is 23.2 Å². The second-order valence-electron chi connectivity index (χ2n) is 7.05. The average Bonchev–Trinajstić information content (AvgIpc) is 3.03. The fraction of sp³-hybridized carbons (Fsp3) is 0.250. The number of esters is 1. The van der Waals surface area contributed by atoms with Crippen molar-refractivity contribution in [2.75, 3.05) is 27.9 Å². The van der Waals surface area contributed by atoms with Gasteiger partial charge in [0.1, 0.15) is 0 Å². The fourth-order valence-corrected chi connectivity index (χ4v) is 3.92. The monoisotopic (exact) mass is 475 g/mol. The van der Waals surface area contributed by atoms with E-state index in [1.807, 2.05) is 18.2 Å². The number of ether oxygens (including phenoxy) is 3. The fourth-order valence-electron chi connectivity index (χ4n) is 3.56. The van der Waals surface area contributed by atoms with Gasteiger partial charge in [-0.15, -0.1) is 0 Å². The van der Waals surface area contributed by atoms with Gasteiger partial charge >= 0.3 is 5.97 Å². The lowest BCUT2D eigenvalue weighted by atomic mass is 10.0. The molecular weight excluding hydrogens is 453 g/mol. The Morgan fingerprint density at radius 1 is 1.06 bits per heavy atom. The van der Waals surface area contributed by atoms with E-state index in [0.717, 1.165) is 5.56 Å². The summed E-state index contributed by atoms with van der Waals surface area (Å²) in [4.78, 5) is 27.3. The summed E-state index contributed by atoms with van der Waals surface area (Å²) in [6, 6.07) is 10.7. The minimum Gasteiger partial charge on any atom is -0.493 e. The minimum absolute atomic E-state index is 0.209. The van der Waals surface area contributed by atoms with E-state index in [4.69, 9.17) is 37.4 Å². The van der Waals surface area contributed by atoms with Crippen molar-refractivity contribution in [2.45, 2.75) is 13.3 Å². The van der Waals surface area contributed by atoms with E-state index in [1.165, 1.54) is 7.11 Å². The quantitative estimate of drug-likeness (QED) is 0.419. The molecular formula is C24H23Cl2NO5. The molecule has 168 valence electrons. The molecule has 0 saturated carbocycles. The predicted molar refractivity (Wildman–Crippen MR) is 124 cm³/mol. The standard InChI is InChI=1S/C24H23Cl2NO5/c1-14-21(24(29)32-4)17(13-16-6-5-7-18(25)22(16)26)23(28)27(14)11-10-15-8-9-19(30-2)20(12-15)31-3/h5-9,12-13H,10-11H2,1-4H3. The van der Waals surface area contributed by atoms with Gasteiger partial charge in [-0.05, 0) is 48.7 Å². The van der Waals surface area contributed by atoms with Crippen molar-refractivity contribution in [3.05, 3.63) is 74.4 Å². The van der Waals surface area contributed by atoms with Gasteiger partial charge in [-0.25, -0.2) is 4.79 Å². The number of carbonyl (C=O) groups excluding carboxylic acids is 2. The molecule has 32 heavy (non-hydrogen) atoms. The summed E-state index contributed by atoms with van der Waals surface area (Å²) in [6.45, 7) is 2.08. The molecule has 1 aliphatic heterocycles. The summed E-state index contributed by atoms with van der Waals surface area (Å²) in [5.41, 5.74) is 2.44. The number of hydrogen-bond donors (Lipinski definition) is 0. The third-order valence-corrected chi connectivity index (χ3v) is 6.09. The molecule has 6 nitrogen and oxygen atoms in total. The number of benzene rings is 2. The van der Waals surface area contributed by atoms with Crippen LogP contribution in [0, 0.1) is 0 Å². The van der Waals surface area contributed by atoms with Gasteiger partial charge in [0.05, 0.1) is 42.5 Å². The van der Waals surface area contributed by atoms with Gasteiger partial charge in [0.15, 0.2) is 11.5 Å². The van der Waals surface area contributed by atoms with Crippen LogP contribution in [0.2, 0.25) is 10.0 Å². The van der Waals surface area contributed by atoms with Crippen molar-refractivity contribution in [2.24, 2.45) is 0 Å². The van der Waals surface area contributed by atoms with Crippen LogP contribution in [0.3, 0.4) is 0 Å². The lowest BCUT2D eigenvalue weighted by molar-refractivity contribution is -0.136. The van der Waals surface area contributed by atoms with E-state index in [1.54, 1.807) is 50.3 Å². The van der Waals surface area contributed by atoms with Crippen molar-refractivity contribution >= 4 is 41.2 Å². The number of carbonyl (C=O) groups is 2. The molecule has 1 heterocycles. The highest BCUT2D eigenvalue weighted by molar-refractivity contribution is 6.43. The van der Waals surface area contributed by atoms with E-state index in [9.17, 15) is 9.59 Å². The molecule has 0 bridgehead atoms. The maximum absolute atomic E-state index is 13.3. The lowest BCUT2D eigenvalue weighted by Gasteiger charge is -2.18. The Morgan fingerprint density at radius 3 is 2.44 bits per heavy atom. The summed E-state index contributed by atoms with van der Waals surface area (Å²) in [7, 11) is 4.42. The Hall–Kier alpha value is -2.96. The van der Waals surface area contributed by atoms with Crippen LogP contribution in [0.25, 0.3) is 6.08 Å². The molecule has 0 aromatic heterocycles. The van der Waals surface area contributed by atoms with Crippen LogP contribution in [-0.4, -0.2) is 44.7 Å². The molecule has 3 rings (SSSR count). The zero-order valence-corrected chi connectivity index (χ0v) is 19.7. The molecule has 0 unspecified atom stereocenters. The summed E-state index contributed by atoms with van der Waals surface area (Å²) in [6.07, 6.45) is 2.12. The Morgan fingerprint density at radius 2 is 1.78 bits per heavy atom. The van der Waals surface area contributed by atoms with Gasteiger partial charge < -0.3 is 19.1 Å². The van der Waals surface area contributed by atoms with Crippen LogP contribution in [0.4, 0.5) is 0 Å². The van der Waals surface area contributed by atoms with Gasteiger partial charge in [-0.2, -0.15) is 0 Å². The maximum Gasteiger partial charge on any atom is 0.340 e. The Labute approximate surface area is 197 Å². The van der Waals surface area contributed by atoms with Crippen LogP contribution in [0.5, 0.6) is 11.5 Å². The van der Waals surface area contributed by atoms with Gasteiger partial charge in [-0.1, -0.05) is 41.4 Å². The molecule has 1 amide bonds. The molecule has 0 atom stereocenters. The Balaban J connectivity index is 1.93. The van der Waals surface area contributed by atoms with Crippen LogP contribution < -0.4 is 9.47 Å². The first-order chi connectivity index (χ1) is 15.3. The lowest BCUT2D eigenvalue weighted by Crippen LogP contribution is -2.27. The summed E-state index contributed by atoms with van der Waals surface area (Å²) in [5, 5.41) is 0.664. The van der Waals surface area contributed by atoms with E-state index >= 15 is 0 Å². The highest BCUT2D eigenvalue weighted by Gasteiger charge is 2.36. The van der Waals surface area contributed by atoms with Gasteiger partial charge in [-0.3, -0.25) is 4.79 Å². The highest BCUT2D eigenvalue weighted by Crippen LogP contribution is 2.35. The van der Waals surface area contributed by atoms with E-state index in [-0.39, 0.29) is 17.1 Å². The SMILES string of the molecule is COC(=O)C1=C(C)N(CCc2ccc(OC)c(OC)c2)C(=O)C1=Cc1cccc(Cl)c1Cl. The Kier molecular flexibility index (Phi) is 7.48. The highest BCUT2D eigenvalue weighted by atomic mass is 35.5. The van der Waals surface area contributed by atoms with Crippen molar-refractivity contribution < 1.29 is 23.8 Å². The molecule has 0 radical (unpaired) electrons. The number of halogens is 2. The second kappa shape index (κ2) is 10.1. The third kappa shape index (κ3) is 4.61. The van der Waals surface area contributed by atoms with Gasteiger partial charge in [0.25, 0.3) is 5.91 Å². The molecule has 0 N–H and O–H groups in total. The first-order valence-electron chi connectivity index (χ1n) is 9.80. The number of hydrogen-bond acceptors (Lipinski definition) is 5. The molecule has 0 spiro atoms. The maximum atomic E-state index is 13.3. The third-order valence-electron chi connectivity index (χ3n) is 5.25. The molecule has 0 fully saturated rings. The molecule has 2 aromatic carbocycles. The summed E-state index contributed by atoms with van der Waals surface area (Å²) < 4.78 is 15.6. The van der Waals surface area contributed by atoms with Crippen LogP contribution in [0.15, 0.2) is 53.2 Å². The zero-order chi connectivity index (χ0) is 23.4. The van der Waals surface area contributed by atoms with E-state index in [2.05, 4.69) is 0 Å². The van der Waals surface area contributed by atoms with E-state index in [0.29, 0.717) is 45.8 Å². The molecule has 0 saturated heterocycles. The van der Waals surface area contributed by atoms with Gasteiger partial charge in [0.2, 0.25) is 0 Å². The summed E-state index contributed by atoms with van der Waals surface area (Å²) in [5.74, 6) is 0.339. The predicted octanol–water partition coefficient (Wildman–Crippen LogP) is 4.93. The molecule has 1 aliphatic rings. The first kappa shape index (κ1) is 23.7. The zero-order valence-electron chi connectivity index (χ0n) is 18.2. The van der Waals surface area contributed by atoms with E-state index < -0.39 is 5.97 Å². The topological polar surface area (TPSA) is 65.1 Å². The number of nitrogens with zero attached hydrogens (tertiary/aromatic N) is 1. The second-order valence-corrected chi connectivity index (χ2v) is 7.83. The summed E-state index contributed by atoms with van der Waals surface area (Å²) >= 11 is 12.4. The van der Waals surface area contributed by atoms with Crippen molar-refractivity contribution in [1.82, 2.24) is 4.90 Å². The molecule has 2 aromatic rings. The normalized spacial score (nSPS) is 14.9. The van der Waals surface area contributed by atoms with Crippen molar-refractivity contribution in [1.29, 1.82) is 0 Å². The average molecular weight is 476 g/mol. The minimum atomic E-state index is -0.589. The number of allylic oxidation sites excluding steroid dienone is 1. The van der Waals surface area contributed by atoms with Gasteiger partial charge in [0, 0.05) is 12.2 Å². The number of amides is 1. The van der Waals surface area contributed by atoms with Crippen LogP contribution in [-0.2, 0) is 20.7 Å². The van der Waals surface area contributed by atoms with Crippen molar-refractivity contribution in [3.8, 4) is 11.5 Å². The van der Waals surface area contributed by atoms with Crippen LogP contribution in [0.1, 0.15) is 18.1 Å². The molecule has 0 aliphatic carbocycles.